The van der Waals surface area contributed by atoms with Gasteiger partial charge in [-0.05, 0) is 11.1 Å². The summed E-state index contributed by atoms with van der Waals surface area (Å²) in [4.78, 5) is 0. The predicted octanol–water partition coefficient (Wildman–Crippen LogP) is 2.36. The number of hydrogen-bond acceptors (Lipinski definition) is 1. The third-order valence-electron chi connectivity index (χ3n) is 2.60. The highest BCUT2D eigenvalue weighted by Crippen LogP contribution is 2.40. The lowest BCUT2D eigenvalue weighted by molar-refractivity contribution is 0.318. The van der Waals surface area contributed by atoms with E-state index < -0.39 is 6.17 Å². The molecule has 2 rings (SSSR count). The molecule has 0 aliphatic heterocycles. The van der Waals surface area contributed by atoms with Gasteiger partial charge in [0.05, 0.1) is 6.54 Å². The highest BCUT2D eigenvalue weighted by Gasteiger charge is 2.29. The Morgan fingerprint density at radius 1 is 1.43 bits per heavy atom. The van der Waals surface area contributed by atoms with Crippen molar-refractivity contribution < 1.29 is 4.39 Å². The number of halogens is 1. The molecular weight excluding hydrogens is 177 g/mol. The van der Waals surface area contributed by atoms with E-state index >= 15 is 0 Å². The Labute approximate surface area is 83.3 Å². The number of nitrogens with one attached hydrogen (secondary N) is 1. The van der Waals surface area contributed by atoms with Crippen molar-refractivity contribution in [1.82, 2.24) is 5.32 Å². The minimum atomic E-state index is -0.846. The summed E-state index contributed by atoms with van der Waals surface area (Å²) in [5, 5.41) is 3.14. The van der Waals surface area contributed by atoms with E-state index in [9.17, 15) is 4.39 Å². The highest BCUT2D eigenvalue weighted by atomic mass is 19.1. The van der Waals surface area contributed by atoms with Crippen LogP contribution < -0.4 is 5.32 Å². The fourth-order valence-electron chi connectivity index (χ4n) is 1.95. The summed E-state index contributed by atoms with van der Waals surface area (Å²) in [5.41, 5.74) is 1.86. The van der Waals surface area contributed by atoms with E-state index in [4.69, 9.17) is 6.42 Å². The largest absolute Gasteiger partial charge is 0.299 e. The lowest BCUT2D eigenvalue weighted by Gasteiger charge is -2.10. The molecule has 1 aromatic rings. The third kappa shape index (κ3) is 1.51. The van der Waals surface area contributed by atoms with Gasteiger partial charge in [-0.25, -0.2) is 4.39 Å². The van der Waals surface area contributed by atoms with Crippen molar-refractivity contribution in [3.63, 3.8) is 0 Å². The van der Waals surface area contributed by atoms with Crippen LogP contribution in [-0.2, 0) is 0 Å². The molecule has 0 unspecified atom stereocenters. The van der Waals surface area contributed by atoms with Gasteiger partial charge in [0.1, 0.15) is 6.17 Å². The second-order valence-corrected chi connectivity index (χ2v) is 3.47. The number of terminal acetylenes is 1. The molecule has 1 N–H and O–H groups in total. The first kappa shape index (κ1) is 9.23. The summed E-state index contributed by atoms with van der Waals surface area (Å²) in [6.45, 7) is 0.492. The average Bonchev–Trinajstić information content (AvgIpc) is 2.54. The molecule has 0 saturated carbocycles. The molecule has 0 fully saturated rings. The lowest BCUT2D eigenvalue weighted by atomic mass is 10.1. The van der Waals surface area contributed by atoms with Crippen LogP contribution >= 0.6 is 0 Å². The van der Waals surface area contributed by atoms with Crippen LogP contribution in [0.5, 0.6) is 0 Å². The summed E-state index contributed by atoms with van der Waals surface area (Å²) in [7, 11) is 0. The fraction of sp³-hybridized carbons (Fsp3) is 0.333. The maximum atomic E-state index is 13.5. The van der Waals surface area contributed by atoms with Crippen LogP contribution in [0, 0.1) is 12.3 Å². The standard InChI is InChI=1S/C12H12FN/c1-2-7-14-12-8-11(13)9-5-3-4-6-10(9)12/h1,3-6,11-12,14H,7-8H2/t11-,12+/m0/s1. The van der Waals surface area contributed by atoms with Gasteiger partial charge in [-0.3, -0.25) is 5.32 Å². The highest BCUT2D eigenvalue weighted by molar-refractivity contribution is 5.36. The normalized spacial score (nSPS) is 24.3. The van der Waals surface area contributed by atoms with Crippen LogP contribution in [0.3, 0.4) is 0 Å². The van der Waals surface area contributed by atoms with E-state index in [2.05, 4.69) is 11.2 Å². The molecule has 0 aromatic heterocycles. The van der Waals surface area contributed by atoms with E-state index in [1.54, 1.807) is 0 Å². The molecule has 0 spiro atoms. The van der Waals surface area contributed by atoms with Crippen LogP contribution in [0.4, 0.5) is 4.39 Å². The van der Waals surface area contributed by atoms with Crippen LogP contribution in [-0.4, -0.2) is 6.54 Å². The van der Waals surface area contributed by atoms with Gasteiger partial charge in [0, 0.05) is 12.5 Å². The van der Waals surface area contributed by atoms with Gasteiger partial charge in [-0.15, -0.1) is 6.42 Å². The van der Waals surface area contributed by atoms with Gasteiger partial charge in [0.25, 0.3) is 0 Å². The van der Waals surface area contributed by atoms with E-state index in [0.29, 0.717) is 13.0 Å². The smallest absolute Gasteiger partial charge is 0.127 e. The number of rotatable bonds is 2. The summed E-state index contributed by atoms with van der Waals surface area (Å²) >= 11 is 0. The zero-order valence-electron chi connectivity index (χ0n) is 7.83. The first-order chi connectivity index (χ1) is 6.83. The van der Waals surface area contributed by atoms with E-state index in [-0.39, 0.29) is 6.04 Å². The van der Waals surface area contributed by atoms with Crippen LogP contribution in [0.1, 0.15) is 29.8 Å². The summed E-state index contributed by atoms with van der Waals surface area (Å²) in [6, 6.07) is 7.69. The van der Waals surface area contributed by atoms with Crippen LogP contribution in [0.15, 0.2) is 24.3 Å². The summed E-state index contributed by atoms with van der Waals surface area (Å²) in [6.07, 6.45) is 4.81. The Morgan fingerprint density at radius 3 is 2.86 bits per heavy atom. The Hall–Kier alpha value is -1.33. The second-order valence-electron chi connectivity index (χ2n) is 3.47. The molecule has 2 heteroatoms. The van der Waals surface area contributed by atoms with E-state index in [1.165, 1.54) is 0 Å². The lowest BCUT2D eigenvalue weighted by Crippen LogP contribution is -2.19. The van der Waals surface area contributed by atoms with E-state index in [0.717, 1.165) is 11.1 Å². The minimum Gasteiger partial charge on any atom is -0.299 e. The molecule has 0 heterocycles. The number of hydrogen-bond donors (Lipinski definition) is 1. The maximum absolute atomic E-state index is 13.5. The van der Waals surface area contributed by atoms with Crippen molar-refractivity contribution >= 4 is 0 Å². The Kier molecular flexibility index (Phi) is 2.51. The molecule has 2 atom stereocenters. The van der Waals surface area contributed by atoms with Crippen molar-refractivity contribution in [3.05, 3.63) is 35.4 Å². The molecule has 72 valence electrons. The van der Waals surface area contributed by atoms with Gasteiger partial charge >= 0.3 is 0 Å². The van der Waals surface area contributed by atoms with Gasteiger partial charge < -0.3 is 0 Å². The predicted molar refractivity (Wildman–Crippen MR) is 54.5 cm³/mol. The molecule has 14 heavy (non-hydrogen) atoms. The topological polar surface area (TPSA) is 12.0 Å². The Morgan fingerprint density at radius 2 is 2.14 bits per heavy atom. The average molecular weight is 189 g/mol. The molecule has 0 radical (unpaired) electrons. The zero-order valence-corrected chi connectivity index (χ0v) is 7.83. The SMILES string of the molecule is C#CCN[C@@H]1C[C@H](F)c2ccccc21. The maximum Gasteiger partial charge on any atom is 0.127 e. The van der Waals surface area contributed by atoms with Crippen molar-refractivity contribution in [2.75, 3.05) is 6.54 Å². The molecule has 0 bridgehead atoms. The van der Waals surface area contributed by atoms with Crippen LogP contribution in [0.25, 0.3) is 0 Å². The Balaban J connectivity index is 2.22. The molecule has 0 amide bonds. The van der Waals surface area contributed by atoms with E-state index in [1.807, 2.05) is 24.3 Å². The van der Waals surface area contributed by atoms with Crippen LogP contribution in [0.2, 0.25) is 0 Å². The van der Waals surface area contributed by atoms with Crippen molar-refractivity contribution in [3.8, 4) is 12.3 Å². The minimum absolute atomic E-state index is 0.0808. The van der Waals surface area contributed by atoms with Gasteiger partial charge in [-0.2, -0.15) is 0 Å². The molecule has 1 aromatic carbocycles. The number of benzene rings is 1. The fourth-order valence-corrected chi connectivity index (χ4v) is 1.95. The molecule has 1 aliphatic rings. The summed E-state index contributed by atoms with van der Waals surface area (Å²) in [5.74, 6) is 2.51. The zero-order chi connectivity index (χ0) is 9.97. The first-order valence-electron chi connectivity index (χ1n) is 4.72. The third-order valence-corrected chi connectivity index (χ3v) is 2.60. The first-order valence-corrected chi connectivity index (χ1v) is 4.72. The van der Waals surface area contributed by atoms with Crippen molar-refractivity contribution in [2.45, 2.75) is 18.6 Å². The molecule has 1 nitrogen and oxygen atoms in total. The summed E-state index contributed by atoms with van der Waals surface area (Å²) < 4.78 is 13.5. The molecular formula is C12H12FN. The number of alkyl halides is 1. The quantitative estimate of drug-likeness (QED) is 0.704. The monoisotopic (exact) mass is 189 g/mol. The van der Waals surface area contributed by atoms with Crippen molar-refractivity contribution in [2.24, 2.45) is 0 Å². The van der Waals surface area contributed by atoms with Crippen molar-refractivity contribution in [1.29, 1.82) is 0 Å². The molecule has 0 saturated heterocycles. The van der Waals surface area contributed by atoms with Gasteiger partial charge in [0.15, 0.2) is 0 Å². The Bertz CT molecular complexity index is 367. The number of fused-ring (bicyclic) bond motifs is 1. The second kappa shape index (κ2) is 3.81. The molecule has 1 aliphatic carbocycles. The van der Waals surface area contributed by atoms with Gasteiger partial charge in [-0.1, -0.05) is 30.2 Å². The van der Waals surface area contributed by atoms with Gasteiger partial charge in [0.2, 0.25) is 0 Å².